The quantitative estimate of drug-likeness (QED) is 0.241. The van der Waals surface area contributed by atoms with E-state index in [0.29, 0.717) is 19.1 Å². The first-order chi connectivity index (χ1) is 20.2. The van der Waals surface area contributed by atoms with Crippen molar-refractivity contribution >= 4 is 11.4 Å². The van der Waals surface area contributed by atoms with Crippen LogP contribution in [0.5, 0.6) is 17.4 Å². The minimum Gasteiger partial charge on any atom is -0.486 e. The summed E-state index contributed by atoms with van der Waals surface area (Å²) >= 11 is 0. The Labute approximate surface area is 242 Å². The molecule has 3 heterocycles. The van der Waals surface area contributed by atoms with Gasteiger partial charge in [-0.1, -0.05) is 48.5 Å². The van der Waals surface area contributed by atoms with E-state index in [1.807, 2.05) is 30.3 Å². The average molecular weight is 551 g/mol. The maximum atomic E-state index is 5.88. The zero-order chi connectivity index (χ0) is 27.9. The lowest BCUT2D eigenvalue weighted by Crippen LogP contribution is -2.36. The summed E-state index contributed by atoms with van der Waals surface area (Å²) < 4.78 is 17.2. The number of hydrogen-bond donors (Lipinski definition) is 2. The monoisotopic (exact) mass is 550 g/mol. The molecule has 0 aliphatic carbocycles. The molecule has 1 fully saturated rings. The second kappa shape index (κ2) is 13.1. The number of pyridine rings is 1. The van der Waals surface area contributed by atoms with Crippen LogP contribution >= 0.6 is 0 Å². The summed E-state index contributed by atoms with van der Waals surface area (Å²) in [4.78, 5) is 7.34. The topological polar surface area (TPSA) is 67.9 Å². The number of aromatic nitrogens is 1. The molecule has 0 bridgehead atoms. The van der Waals surface area contributed by atoms with Gasteiger partial charge in [0.2, 0.25) is 5.88 Å². The Hall–Kier alpha value is -4.07. The molecule has 0 radical (unpaired) electrons. The maximum absolute atomic E-state index is 5.88. The van der Waals surface area contributed by atoms with Crippen LogP contribution in [-0.4, -0.2) is 49.8 Å². The number of para-hydroxylation sites is 1. The third-order valence-electron chi connectivity index (χ3n) is 7.85. The fourth-order valence-electron chi connectivity index (χ4n) is 5.59. The van der Waals surface area contributed by atoms with Crippen molar-refractivity contribution in [3.63, 3.8) is 0 Å². The number of nitrogens with one attached hydrogen (secondary N) is 2. The fourth-order valence-corrected chi connectivity index (χ4v) is 5.59. The van der Waals surface area contributed by atoms with Gasteiger partial charge in [-0.05, 0) is 85.9 Å². The first-order valence-corrected chi connectivity index (χ1v) is 14.5. The lowest BCUT2D eigenvalue weighted by Gasteiger charge is -2.32. The molecule has 2 aliphatic rings. The zero-order valence-electron chi connectivity index (χ0n) is 23.6. The van der Waals surface area contributed by atoms with E-state index in [2.05, 4.69) is 70.1 Å². The summed E-state index contributed by atoms with van der Waals surface area (Å²) in [7, 11) is 1.64. The molecule has 0 amide bonds. The molecule has 1 aromatic heterocycles. The van der Waals surface area contributed by atoms with E-state index >= 15 is 0 Å². The highest BCUT2D eigenvalue weighted by molar-refractivity contribution is 5.74. The van der Waals surface area contributed by atoms with Crippen molar-refractivity contribution in [3.8, 4) is 28.6 Å². The molecular weight excluding hydrogens is 512 g/mol. The third-order valence-corrected chi connectivity index (χ3v) is 7.85. The molecule has 41 heavy (non-hydrogen) atoms. The number of methoxy groups -OCH3 is 1. The SMILES string of the molecule is COc1nc(-c2cccc3c2OCCO3)ccc1Nc1ccc(CNCC2CCN(Cc3ccccc3)CC2)cc1. The molecular formula is C34H38N4O3. The van der Waals surface area contributed by atoms with Gasteiger partial charge in [0, 0.05) is 24.3 Å². The standard InChI is InChI=1S/C34H38N4O3/c1-39-34-31(15-14-30(37-34)29-8-5-9-32-33(29)41-21-20-40-32)36-28-12-10-25(11-13-28)22-35-23-26-16-18-38(19-17-26)24-27-6-3-2-4-7-27/h2-15,26,35-36H,16-24H2,1H3. The number of piperidine rings is 1. The van der Waals surface area contributed by atoms with E-state index < -0.39 is 0 Å². The lowest BCUT2D eigenvalue weighted by atomic mass is 9.96. The first-order valence-electron chi connectivity index (χ1n) is 14.5. The van der Waals surface area contributed by atoms with E-state index in [1.54, 1.807) is 7.11 Å². The first kappa shape index (κ1) is 27.1. The maximum Gasteiger partial charge on any atom is 0.238 e. The molecule has 2 aliphatic heterocycles. The van der Waals surface area contributed by atoms with Crippen molar-refractivity contribution in [3.05, 3.63) is 96.1 Å². The van der Waals surface area contributed by atoms with Crippen molar-refractivity contribution in [1.29, 1.82) is 0 Å². The number of benzene rings is 3. The second-order valence-corrected chi connectivity index (χ2v) is 10.7. The van der Waals surface area contributed by atoms with Crippen molar-refractivity contribution in [2.24, 2.45) is 5.92 Å². The molecule has 4 aromatic rings. The van der Waals surface area contributed by atoms with Crippen LogP contribution in [0.1, 0.15) is 24.0 Å². The van der Waals surface area contributed by atoms with E-state index in [9.17, 15) is 0 Å². The van der Waals surface area contributed by atoms with Gasteiger partial charge >= 0.3 is 0 Å². The minimum absolute atomic E-state index is 0.525. The van der Waals surface area contributed by atoms with Crippen LogP contribution in [0.4, 0.5) is 11.4 Å². The van der Waals surface area contributed by atoms with Gasteiger partial charge in [0.1, 0.15) is 18.9 Å². The number of hydrogen-bond acceptors (Lipinski definition) is 7. The van der Waals surface area contributed by atoms with Crippen LogP contribution in [-0.2, 0) is 13.1 Å². The van der Waals surface area contributed by atoms with Gasteiger partial charge in [0.15, 0.2) is 11.5 Å². The number of rotatable bonds is 10. The van der Waals surface area contributed by atoms with Gasteiger partial charge in [-0.3, -0.25) is 4.90 Å². The number of likely N-dealkylation sites (tertiary alicyclic amines) is 1. The Morgan fingerprint density at radius 2 is 1.66 bits per heavy atom. The molecule has 212 valence electrons. The highest BCUT2D eigenvalue weighted by atomic mass is 16.6. The van der Waals surface area contributed by atoms with Crippen LogP contribution in [0.15, 0.2) is 84.9 Å². The zero-order valence-corrected chi connectivity index (χ0v) is 23.6. The van der Waals surface area contributed by atoms with E-state index in [0.717, 1.165) is 59.7 Å². The molecule has 7 nitrogen and oxygen atoms in total. The summed E-state index contributed by atoms with van der Waals surface area (Å²) in [6.07, 6.45) is 2.51. The molecule has 0 spiro atoms. The Balaban J connectivity index is 0.994. The molecule has 1 saturated heterocycles. The van der Waals surface area contributed by atoms with Crippen LogP contribution in [0.2, 0.25) is 0 Å². The summed E-state index contributed by atoms with van der Waals surface area (Å²) in [6.45, 7) is 6.44. The number of anilines is 2. The Bertz CT molecular complexity index is 1420. The smallest absolute Gasteiger partial charge is 0.238 e. The molecule has 6 rings (SSSR count). The van der Waals surface area contributed by atoms with Crippen molar-refractivity contribution in [2.45, 2.75) is 25.9 Å². The van der Waals surface area contributed by atoms with Gasteiger partial charge in [-0.2, -0.15) is 0 Å². The largest absolute Gasteiger partial charge is 0.486 e. The predicted octanol–water partition coefficient (Wildman–Crippen LogP) is 6.27. The van der Waals surface area contributed by atoms with E-state index in [1.165, 1.54) is 37.1 Å². The van der Waals surface area contributed by atoms with Crippen LogP contribution in [0.3, 0.4) is 0 Å². The van der Waals surface area contributed by atoms with Crippen molar-refractivity contribution in [2.75, 3.05) is 45.3 Å². The summed E-state index contributed by atoms with van der Waals surface area (Å²) in [5.74, 6) is 2.74. The molecule has 2 N–H and O–H groups in total. The third kappa shape index (κ3) is 6.81. The fraction of sp³-hybridized carbons (Fsp3) is 0.324. The molecule has 3 aromatic carbocycles. The van der Waals surface area contributed by atoms with Crippen molar-refractivity contribution in [1.82, 2.24) is 15.2 Å². The Kier molecular flexibility index (Phi) is 8.64. The summed E-state index contributed by atoms with van der Waals surface area (Å²) in [6, 6.07) is 29.2. The molecule has 7 heteroatoms. The van der Waals surface area contributed by atoms with E-state index in [-0.39, 0.29) is 0 Å². The van der Waals surface area contributed by atoms with Gasteiger partial charge in [-0.15, -0.1) is 0 Å². The van der Waals surface area contributed by atoms with E-state index in [4.69, 9.17) is 19.2 Å². The van der Waals surface area contributed by atoms with Gasteiger partial charge in [0.25, 0.3) is 0 Å². The summed E-state index contributed by atoms with van der Waals surface area (Å²) in [5, 5.41) is 7.13. The average Bonchev–Trinajstić information content (AvgIpc) is 3.03. The predicted molar refractivity (Wildman–Crippen MR) is 163 cm³/mol. The molecule has 0 atom stereocenters. The van der Waals surface area contributed by atoms with Gasteiger partial charge < -0.3 is 24.8 Å². The number of ether oxygens (including phenoxy) is 3. The Morgan fingerprint density at radius 1 is 0.854 bits per heavy atom. The Morgan fingerprint density at radius 3 is 2.46 bits per heavy atom. The molecule has 0 saturated carbocycles. The van der Waals surface area contributed by atoms with Gasteiger partial charge in [-0.25, -0.2) is 4.98 Å². The summed E-state index contributed by atoms with van der Waals surface area (Å²) in [5.41, 5.74) is 6.14. The number of fused-ring (bicyclic) bond motifs is 1. The molecule has 0 unspecified atom stereocenters. The normalized spacial score (nSPS) is 15.4. The second-order valence-electron chi connectivity index (χ2n) is 10.7. The van der Waals surface area contributed by atoms with Crippen LogP contribution in [0.25, 0.3) is 11.3 Å². The van der Waals surface area contributed by atoms with Gasteiger partial charge in [0.05, 0.1) is 12.8 Å². The lowest BCUT2D eigenvalue weighted by molar-refractivity contribution is 0.172. The number of nitrogens with zero attached hydrogens (tertiary/aromatic N) is 2. The van der Waals surface area contributed by atoms with Crippen LogP contribution < -0.4 is 24.8 Å². The minimum atomic E-state index is 0.525. The van der Waals surface area contributed by atoms with Crippen LogP contribution in [0, 0.1) is 5.92 Å². The highest BCUT2D eigenvalue weighted by Gasteiger charge is 2.20. The van der Waals surface area contributed by atoms with Crippen molar-refractivity contribution < 1.29 is 14.2 Å². The highest BCUT2D eigenvalue weighted by Crippen LogP contribution is 2.40.